The maximum absolute atomic E-state index is 13.4. The van der Waals surface area contributed by atoms with E-state index in [1.807, 2.05) is 4.90 Å². The summed E-state index contributed by atoms with van der Waals surface area (Å²) in [6.45, 7) is 17.1. The number of ether oxygens (including phenoxy) is 3. The van der Waals surface area contributed by atoms with Crippen LogP contribution in [-0.4, -0.2) is 88.2 Å². The van der Waals surface area contributed by atoms with E-state index in [9.17, 15) is 20.1 Å². The van der Waals surface area contributed by atoms with E-state index >= 15 is 0 Å². The van der Waals surface area contributed by atoms with Crippen LogP contribution in [0.1, 0.15) is 132 Å². The summed E-state index contributed by atoms with van der Waals surface area (Å²) >= 11 is 0. The maximum Gasteiger partial charge on any atom is 0.225 e. The summed E-state index contributed by atoms with van der Waals surface area (Å²) in [5.41, 5.74) is -1.02. The van der Waals surface area contributed by atoms with Crippen molar-refractivity contribution in [2.75, 3.05) is 19.7 Å². The van der Waals surface area contributed by atoms with Gasteiger partial charge >= 0.3 is 0 Å². The number of amides is 1. The molecule has 2 heterocycles. The average Bonchev–Trinajstić information content (AvgIpc) is 3.70. The largest absolute Gasteiger partial charge is 0.390 e. The van der Waals surface area contributed by atoms with Crippen LogP contribution in [-0.2, 0) is 19.0 Å². The van der Waals surface area contributed by atoms with Crippen LogP contribution < -0.4 is 0 Å². The number of hydrogen-bond acceptors (Lipinski definition) is 7. The maximum atomic E-state index is 13.4. The Bertz CT molecular complexity index is 1290. The standard InChI is InChI=1S/C41H67NO7/c1-24-21-26(33(43)37(4,5)46)48-32-31(24)38(6)17-18-41-23-40(41)16-15-29(36(2,3)27(40)13-14-28(41)39(38,7)34(32)44)49-30-22-42(19-20-47-30)35(45)25-11-9-8-10-12-25/h24-34,43-44,46H,8-23H2,1-7H3/t24-,26-,27+,28+,29?,30?,31?,32+,33?,34+,38-,39-,40?,41+/m1/s1. The molecule has 8 aliphatic rings. The van der Waals surface area contributed by atoms with E-state index < -0.39 is 23.9 Å². The molecule has 8 rings (SSSR count). The van der Waals surface area contributed by atoms with E-state index in [4.69, 9.17) is 14.2 Å². The van der Waals surface area contributed by atoms with E-state index in [-0.39, 0.29) is 52.0 Å². The number of morpholine rings is 1. The Labute approximate surface area is 295 Å². The number of rotatable bonds is 5. The van der Waals surface area contributed by atoms with Gasteiger partial charge < -0.3 is 34.4 Å². The molecule has 2 saturated heterocycles. The molecule has 0 aromatic carbocycles. The zero-order valence-corrected chi connectivity index (χ0v) is 31.6. The summed E-state index contributed by atoms with van der Waals surface area (Å²) in [6, 6.07) is 0. The second kappa shape index (κ2) is 11.6. The third-order valence-electron chi connectivity index (χ3n) is 17.5. The van der Waals surface area contributed by atoms with Crippen LogP contribution in [0.2, 0.25) is 0 Å². The number of carbonyl (C=O) groups excluding carboxylic acids is 1. The third-order valence-corrected chi connectivity index (χ3v) is 17.5. The number of carbonyl (C=O) groups is 1. The van der Waals surface area contributed by atoms with Crippen LogP contribution in [0.3, 0.4) is 0 Å². The highest BCUT2D eigenvalue weighted by molar-refractivity contribution is 5.79. The zero-order valence-electron chi connectivity index (χ0n) is 31.6. The van der Waals surface area contributed by atoms with Crippen molar-refractivity contribution >= 4 is 5.91 Å². The van der Waals surface area contributed by atoms with Crippen LogP contribution in [0, 0.1) is 56.7 Å². The van der Waals surface area contributed by atoms with Crippen LogP contribution in [0.25, 0.3) is 0 Å². The first-order valence-corrected chi connectivity index (χ1v) is 20.3. The number of nitrogens with zero attached hydrogens (tertiary/aromatic N) is 1. The molecular weight excluding hydrogens is 618 g/mol. The van der Waals surface area contributed by atoms with Gasteiger partial charge in [-0.3, -0.25) is 4.79 Å². The van der Waals surface area contributed by atoms with Gasteiger partial charge in [-0.2, -0.15) is 0 Å². The van der Waals surface area contributed by atoms with Crippen molar-refractivity contribution in [3.63, 3.8) is 0 Å². The first kappa shape index (κ1) is 35.3. The highest BCUT2D eigenvalue weighted by Gasteiger charge is 2.84. The lowest BCUT2D eigenvalue weighted by molar-refractivity contribution is -0.248. The first-order chi connectivity index (χ1) is 23.0. The molecule has 278 valence electrons. The average molecular weight is 686 g/mol. The highest BCUT2D eigenvalue weighted by Crippen LogP contribution is 2.89. The Balaban J connectivity index is 0.993. The molecule has 0 aromatic heterocycles. The van der Waals surface area contributed by atoms with Crippen molar-refractivity contribution in [1.82, 2.24) is 4.90 Å². The Hall–Kier alpha value is -0.770. The molecule has 0 radical (unpaired) electrons. The summed E-state index contributed by atoms with van der Waals surface area (Å²) in [4.78, 5) is 15.4. The molecule has 1 amide bonds. The Morgan fingerprint density at radius 1 is 0.959 bits per heavy atom. The summed E-state index contributed by atoms with van der Waals surface area (Å²) < 4.78 is 19.8. The molecule has 2 spiro atoms. The van der Waals surface area contributed by atoms with Gasteiger partial charge in [0.05, 0.1) is 43.2 Å². The van der Waals surface area contributed by atoms with E-state index in [2.05, 4.69) is 34.6 Å². The van der Waals surface area contributed by atoms with Crippen molar-refractivity contribution in [2.24, 2.45) is 56.7 Å². The van der Waals surface area contributed by atoms with Crippen molar-refractivity contribution in [2.45, 2.75) is 174 Å². The fourth-order valence-corrected chi connectivity index (χ4v) is 14.9. The highest BCUT2D eigenvalue weighted by atomic mass is 16.7. The minimum absolute atomic E-state index is 0.00620. The Morgan fingerprint density at radius 2 is 1.65 bits per heavy atom. The first-order valence-electron chi connectivity index (χ1n) is 20.3. The monoisotopic (exact) mass is 685 g/mol. The van der Waals surface area contributed by atoms with Crippen molar-refractivity contribution in [3.8, 4) is 0 Å². The molecule has 0 aromatic rings. The molecule has 6 saturated carbocycles. The van der Waals surface area contributed by atoms with Gasteiger partial charge in [-0.05, 0) is 123 Å². The van der Waals surface area contributed by atoms with Crippen molar-refractivity contribution in [3.05, 3.63) is 0 Å². The number of fused-ring (bicyclic) bond motifs is 4. The van der Waals surface area contributed by atoms with Crippen LogP contribution in [0.4, 0.5) is 0 Å². The summed E-state index contributed by atoms with van der Waals surface area (Å²) in [5.74, 6) is 2.03. The number of aliphatic hydroxyl groups is 3. The van der Waals surface area contributed by atoms with Gasteiger partial charge in [0, 0.05) is 17.9 Å². The minimum Gasteiger partial charge on any atom is -0.390 e. The van der Waals surface area contributed by atoms with E-state index in [0.717, 1.165) is 38.5 Å². The number of hydrogen-bond donors (Lipinski definition) is 3. The SMILES string of the molecule is C[C@@H]1C[C@H](C(O)C(C)(C)O)O[C@H]2C1[C@@]1(C)CC[C@@]34CC35CCC(OC3CN(C(=O)C6CCCCC6)CCO3)C(C)(C)[C@@H]5CC[C@H]4[C@]1(C)[C@H]2O. The molecule has 8 heteroatoms. The molecule has 8 fully saturated rings. The molecule has 8 nitrogen and oxygen atoms in total. The van der Waals surface area contributed by atoms with Gasteiger partial charge in [0.1, 0.15) is 6.10 Å². The summed E-state index contributed by atoms with van der Waals surface area (Å²) in [6.07, 6.45) is 11.8. The lowest BCUT2D eigenvalue weighted by atomic mass is 9.41. The van der Waals surface area contributed by atoms with Gasteiger partial charge in [0.2, 0.25) is 5.91 Å². The molecule has 2 aliphatic heterocycles. The van der Waals surface area contributed by atoms with E-state index in [1.165, 1.54) is 38.5 Å². The predicted octanol–water partition coefficient (Wildman–Crippen LogP) is 6.08. The van der Waals surface area contributed by atoms with Crippen molar-refractivity contribution in [1.29, 1.82) is 0 Å². The zero-order chi connectivity index (χ0) is 34.9. The van der Waals surface area contributed by atoms with Crippen LogP contribution >= 0.6 is 0 Å². The number of aliphatic hydroxyl groups excluding tert-OH is 2. The Kier molecular flexibility index (Phi) is 8.36. The van der Waals surface area contributed by atoms with E-state index in [1.54, 1.807) is 13.8 Å². The molecular formula is C41H67NO7. The lowest BCUT2D eigenvalue weighted by Gasteiger charge is -2.64. The fourth-order valence-electron chi connectivity index (χ4n) is 14.9. The lowest BCUT2D eigenvalue weighted by Crippen LogP contribution is -2.60. The van der Waals surface area contributed by atoms with Gasteiger partial charge in [-0.15, -0.1) is 0 Å². The van der Waals surface area contributed by atoms with E-state index in [0.29, 0.717) is 55.2 Å². The molecule has 0 bridgehead atoms. The quantitative estimate of drug-likeness (QED) is 0.322. The topological polar surface area (TPSA) is 109 Å². The third kappa shape index (κ3) is 4.84. The molecule has 49 heavy (non-hydrogen) atoms. The second-order valence-corrected chi connectivity index (χ2v) is 20.2. The normalized spacial score (nSPS) is 51.5. The van der Waals surface area contributed by atoms with Gasteiger partial charge in [0.15, 0.2) is 6.29 Å². The molecule has 3 N–H and O–H groups in total. The van der Waals surface area contributed by atoms with Crippen LogP contribution in [0.15, 0.2) is 0 Å². The minimum atomic E-state index is -1.26. The molecule has 5 unspecified atom stereocenters. The Morgan fingerprint density at radius 3 is 2.37 bits per heavy atom. The van der Waals surface area contributed by atoms with Gasteiger partial charge in [-0.1, -0.05) is 53.9 Å². The molecule has 14 atom stereocenters. The summed E-state index contributed by atoms with van der Waals surface area (Å²) in [5, 5.41) is 34.2. The van der Waals surface area contributed by atoms with Gasteiger partial charge in [-0.25, -0.2) is 0 Å². The van der Waals surface area contributed by atoms with Crippen LogP contribution in [0.5, 0.6) is 0 Å². The summed E-state index contributed by atoms with van der Waals surface area (Å²) in [7, 11) is 0. The predicted molar refractivity (Wildman–Crippen MR) is 186 cm³/mol. The van der Waals surface area contributed by atoms with Gasteiger partial charge in [0.25, 0.3) is 0 Å². The molecule has 6 aliphatic carbocycles. The second-order valence-electron chi connectivity index (χ2n) is 20.2. The smallest absolute Gasteiger partial charge is 0.225 e. The van der Waals surface area contributed by atoms with Crippen molar-refractivity contribution < 1.29 is 34.3 Å². The fraction of sp³-hybridized carbons (Fsp3) is 0.976.